The van der Waals surface area contributed by atoms with E-state index in [-0.39, 0.29) is 17.8 Å². The number of carbonyl (C=O) groups excluding carboxylic acids is 2. The summed E-state index contributed by atoms with van der Waals surface area (Å²) in [7, 11) is 0. The topological polar surface area (TPSA) is 61.4 Å². The predicted octanol–water partition coefficient (Wildman–Crippen LogP) is 2.07. The Morgan fingerprint density at radius 1 is 1.50 bits per heavy atom. The summed E-state index contributed by atoms with van der Waals surface area (Å²) in [6.07, 6.45) is 0. The molecule has 1 saturated heterocycles. The number of thiophene rings is 1. The van der Waals surface area contributed by atoms with Gasteiger partial charge in [0, 0.05) is 22.7 Å². The molecule has 0 aliphatic carbocycles. The number of amides is 3. The fourth-order valence-electron chi connectivity index (χ4n) is 2.48. The Bertz CT molecular complexity index is 731. The highest BCUT2D eigenvalue weighted by Crippen LogP contribution is 2.26. The van der Waals surface area contributed by atoms with Crippen molar-refractivity contribution in [3.05, 3.63) is 35.0 Å². The van der Waals surface area contributed by atoms with Crippen LogP contribution in [0.25, 0.3) is 10.1 Å². The molecule has 0 spiro atoms. The maximum absolute atomic E-state index is 13.2. The van der Waals surface area contributed by atoms with Gasteiger partial charge >= 0.3 is 6.03 Å². The Hall–Kier alpha value is -2.15. The zero-order valence-corrected chi connectivity index (χ0v) is 12.9. The minimum atomic E-state index is -0.467. The molecule has 1 aliphatic heterocycles. The van der Waals surface area contributed by atoms with E-state index >= 15 is 0 Å². The lowest BCUT2D eigenvalue weighted by Gasteiger charge is -2.32. The second-order valence-corrected chi connectivity index (χ2v) is 6.38. The quantitative estimate of drug-likeness (QED) is 0.889. The van der Waals surface area contributed by atoms with Crippen LogP contribution >= 0.6 is 11.3 Å². The Morgan fingerprint density at radius 3 is 3.14 bits per heavy atom. The van der Waals surface area contributed by atoms with Crippen LogP contribution < -0.4 is 10.6 Å². The fourth-order valence-corrected chi connectivity index (χ4v) is 3.46. The zero-order valence-electron chi connectivity index (χ0n) is 12.1. The first kappa shape index (κ1) is 14.8. The molecule has 0 bridgehead atoms. The fraction of sp³-hybridized carbons (Fsp3) is 0.333. The van der Waals surface area contributed by atoms with Crippen molar-refractivity contribution in [2.45, 2.75) is 19.5 Å². The van der Waals surface area contributed by atoms with Crippen LogP contribution in [0, 0.1) is 5.82 Å². The monoisotopic (exact) mass is 321 g/mol. The summed E-state index contributed by atoms with van der Waals surface area (Å²) in [6.45, 7) is 3.04. The summed E-state index contributed by atoms with van der Waals surface area (Å²) in [5, 5.41) is 6.37. The normalized spacial score (nSPS) is 18.4. The molecule has 0 saturated carbocycles. The molecule has 2 N–H and O–H groups in total. The lowest BCUT2D eigenvalue weighted by molar-refractivity contribution is -0.126. The summed E-state index contributed by atoms with van der Waals surface area (Å²) >= 11 is 1.52. The van der Waals surface area contributed by atoms with Crippen LogP contribution in [0.2, 0.25) is 0 Å². The van der Waals surface area contributed by atoms with Crippen LogP contribution in [0.3, 0.4) is 0 Å². The maximum Gasteiger partial charge on any atom is 0.318 e. The molecule has 116 valence electrons. The second-order valence-electron chi connectivity index (χ2n) is 5.21. The molecule has 1 atom stereocenters. The number of benzene rings is 1. The molecule has 1 aromatic carbocycles. The van der Waals surface area contributed by atoms with Crippen LogP contribution in [0.1, 0.15) is 11.8 Å². The Kier molecular flexibility index (Phi) is 3.98. The molecule has 3 amide bonds. The van der Waals surface area contributed by atoms with E-state index in [0.717, 1.165) is 15.0 Å². The van der Waals surface area contributed by atoms with Crippen LogP contribution in [-0.2, 0) is 11.3 Å². The molecule has 1 aromatic heterocycles. The Balaban J connectivity index is 1.65. The van der Waals surface area contributed by atoms with Gasteiger partial charge < -0.3 is 15.5 Å². The van der Waals surface area contributed by atoms with Gasteiger partial charge in [-0.15, -0.1) is 11.3 Å². The molecule has 2 aromatic rings. The third kappa shape index (κ3) is 2.89. The summed E-state index contributed by atoms with van der Waals surface area (Å²) in [6, 6.07) is 5.79. The number of rotatable bonds is 2. The highest BCUT2D eigenvalue weighted by Gasteiger charge is 2.28. The smallest absolute Gasteiger partial charge is 0.318 e. The number of hydrogen-bond donors (Lipinski definition) is 2. The van der Waals surface area contributed by atoms with Crippen molar-refractivity contribution >= 4 is 33.4 Å². The van der Waals surface area contributed by atoms with Crippen molar-refractivity contribution in [3.8, 4) is 0 Å². The number of nitrogens with zero attached hydrogens (tertiary/aromatic N) is 1. The molecule has 0 radical (unpaired) electrons. The third-order valence-electron chi connectivity index (χ3n) is 3.70. The Labute approximate surface area is 131 Å². The first-order valence-electron chi connectivity index (χ1n) is 7.05. The van der Waals surface area contributed by atoms with Gasteiger partial charge in [0.2, 0.25) is 5.91 Å². The molecule has 7 heteroatoms. The largest absolute Gasteiger partial charge is 0.353 e. The average Bonchev–Trinajstić information content (AvgIpc) is 2.89. The molecular weight excluding hydrogens is 305 g/mol. The van der Waals surface area contributed by atoms with E-state index in [0.29, 0.717) is 19.6 Å². The molecule has 1 fully saturated rings. The van der Waals surface area contributed by atoms with Crippen LogP contribution in [0.15, 0.2) is 24.3 Å². The van der Waals surface area contributed by atoms with Gasteiger partial charge in [-0.2, -0.15) is 0 Å². The summed E-state index contributed by atoms with van der Waals surface area (Å²) in [5.74, 6) is -0.409. The van der Waals surface area contributed by atoms with Crippen molar-refractivity contribution < 1.29 is 14.0 Å². The average molecular weight is 321 g/mol. The van der Waals surface area contributed by atoms with Crippen molar-refractivity contribution in [3.63, 3.8) is 0 Å². The van der Waals surface area contributed by atoms with Crippen molar-refractivity contribution in [2.75, 3.05) is 13.1 Å². The van der Waals surface area contributed by atoms with E-state index in [9.17, 15) is 14.0 Å². The highest BCUT2D eigenvalue weighted by molar-refractivity contribution is 7.19. The minimum absolute atomic E-state index is 0.140. The standard InChI is InChI=1S/C15H16FN3O2S/c1-9-14(20)17-4-5-19(9)15(21)18-8-12-7-10-6-11(16)2-3-13(10)22-12/h2-3,6-7,9H,4-5,8H2,1H3,(H,17,20)(H,18,21)/t9-/m0/s1. The first-order valence-corrected chi connectivity index (χ1v) is 7.86. The number of fused-ring (bicyclic) bond motifs is 1. The maximum atomic E-state index is 13.2. The first-order chi connectivity index (χ1) is 10.5. The van der Waals surface area contributed by atoms with Gasteiger partial charge in [-0.05, 0) is 36.6 Å². The minimum Gasteiger partial charge on any atom is -0.353 e. The van der Waals surface area contributed by atoms with Gasteiger partial charge in [0.1, 0.15) is 11.9 Å². The molecule has 3 rings (SSSR count). The molecule has 5 nitrogen and oxygen atoms in total. The van der Waals surface area contributed by atoms with E-state index in [1.54, 1.807) is 13.0 Å². The lowest BCUT2D eigenvalue weighted by Crippen LogP contribution is -2.58. The number of carbonyl (C=O) groups is 2. The van der Waals surface area contributed by atoms with E-state index in [4.69, 9.17) is 0 Å². The van der Waals surface area contributed by atoms with Gasteiger partial charge in [-0.3, -0.25) is 4.79 Å². The van der Waals surface area contributed by atoms with Crippen LogP contribution in [0.5, 0.6) is 0 Å². The van der Waals surface area contributed by atoms with E-state index in [2.05, 4.69) is 10.6 Å². The zero-order chi connectivity index (χ0) is 15.7. The number of piperazine rings is 1. The molecule has 22 heavy (non-hydrogen) atoms. The van der Waals surface area contributed by atoms with Gasteiger partial charge in [0.15, 0.2) is 0 Å². The molecule has 0 unspecified atom stereocenters. The van der Waals surface area contributed by atoms with Crippen molar-refractivity contribution in [1.82, 2.24) is 15.5 Å². The van der Waals surface area contributed by atoms with E-state index in [1.807, 2.05) is 6.07 Å². The van der Waals surface area contributed by atoms with E-state index < -0.39 is 6.04 Å². The molecule has 2 heterocycles. The van der Waals surface area contributed by atoms with Gasteiger partial charge in [0.25, 0.3) is 0 Å². The number of halogens is 1. The molecule has 1 aliphatic rings. The SMILES string of the molecule is C[C@H]1C(=O)NCCN1C(=O)NCc1cc2cc(F)ccc2s1. The predicted molar refractivity (Wildman–Crippen MR) is 83.2 cm³/mol. The van der Waals surface area contributed by atoms with Gasteiger partial charge in [0.05, 0.1) is 6.54 Å². The number of nitrogens with one attached hydrogen (secondary N) is 2. The summed E-state index contributed by atoms with van der Waals surface area (Å²) in [5.41, 5.74) is 0. The highest BCUT2D eigenvalue weighted by atomic mass is 32.1. The van der Waals surface area contributed by atoms with Crippen molar-refractivity contribution in [2.24, 2.45) is 0 Å². The lowest BCUT2D eigenvalue weighted by atomic mass is 10.2. The Morgan fingerprint density at radius 2 is 2.32 bits per heavy atom. The van der Waals surface area contributed by atoms with Crippen LogP contribution in [-0.4, -0.2) is 36.0 Å². The van der Waals surface area contributed by atoms with Crippen LogP contribution in [0.4, 0.5) is 9.18 Å². The number of hydrogen-bond acceptors (Lipinski definition) is 3. The summed E-state index contributed by atoms with van der Waals surface area (Å²) < 4.78 is 14.2. The van der Waals surface area contributed by atoms with E-state index in [1.165, 1.54) is 28.4 Å². The van der Waals surface area contributed by atoms with Gasteiger partial charge in [-0.25, -0.2) is 9.18 Å². The second kappa shape index (κ2) is 5.92. The summed E-state index contributed by atoms with van der Waals surface area (Å²) in [4.78, 5) is 26.2. The number of urea groups is 1. The third-order valence-corrected chi connectivity index (χ3v) is 4.82. The molecular formula is C15H16FN3O2S. The van der Waals surface area contributed by atoms with Gasteiger partial charge in [-0.1, -0.05) is 0 Å². The van der Waals surface area contributed by atoms with Crippen molar-refractivity contribution in [1.29, 1.82) is 0 Å².